The molecule has 0 fully saturated rings. The number of carbonyl (C=O) groups is 1. The normalized spacial score (nSPS) is 11.2. The number of allylic oxidation sites excluding steroid dienone is 2. The highest BCUT2D eigenvalue weighted by Crippen LogP contribution is 2.17. The summed E-state index contributed by atoms with van der Waals surface area (Å²) in [6, 6.07) is 1.95. The number of furan rings is 1. The Morgan fingerprint density at radius 3 is 2.75 bits per heavy atom. The van der Waals surface area contributed by atoms with E-state index in [-0.39, 0.29) is 5.97 Å². The van der Waals surface area contributed by atoms with Gasteiger partial charge >= 0.3 is 5.97 Å². The number of carbonyl (C=O) groups excluding carboxylic acids is 1. The van der Waals surface area contributed by atoms with Crippen LogP contribution in [0.25, 0.3) is 6.08 Å². The van der Waals surface area contributed by atoms with Crippen molar-refractivity contribution in [3.05, 3.63) is 54.0 Å². The van der Waals surface area contributed by atoms with E-state index in [0.29, 0.717) is 6.61 Å². The summed E-state index contributed by atoms with van der Waals surface area (Å²) in [7, 11) is 0. The summed E-state index contributed by atoms with van der Waals surface area (Å²) in [5.74, 6) is 0.509. The molecule has 0 unspecified atom stereocenters. The van der Waals surface area contributed by atoms with Gasteiger partial charge in [-0.05, 0) is 49.5 Å². The number of aryl methyl sites for hydroxylation is 1. The lowest BCUT2D eigenvalue weighted by Gasteiger charge is -2.07. The van der Waals surface area contributed by atoms with Crippen LogP contribution in [0.5, 0.6) is 0 Å². The standard InChI is InChI=1S/C17H22O3/c1-5-13(2)7-6-8-16(12-19-15(4)18)10-17-9-14(3)11-20-17/h5,9-11H,1-2,6-8,12H2,3-4H3/b16-10+. The number of hydrogen-bond donors (Lipinski definition) is 0. The first-order valence-corrected chi connectivity index (χ1v) is 6.69. The third kappa shape index (κ3) is 6.23. The van der Waals surface area contributed by atoms with E-state index in [4.69, 9.17) is 9.15 Å². The van der Waals surface area contributed by atoms with Crippen molar-refractivity contribution in [3.8, 4) is 0 Å². The fraction of sp³-hybridized carbons (Fsp3) is 0.353. The molecule has 108 valence electrons. The smallest absolute Gasteiger partial charge is 0.302 e. The summed E-state index contributed by atoms with van der Waals surface area (Å²) in [6.07, 6.45) is 8.07. The van der Waals surface area contributed by atoms with Gasteiger partial charge in [-0.25, -0.2) is 0 Å². The average Bonchev–Trinajstić information content (AvgIpc) is 2.80. The molecule has 0 spiro atoms. The first kappa shape index (κ1) is 16.0. The first-order chi connectivity index (χ1) is 9.51. The fourth-order valence-electron chi connectivity index (χ4n) is 1.76. The summed E-state index contributed by atoms with van der Waals surface area (Å²) in [5.41, 5.74) is 3.13. The van der Waals surface area contributed by atoms with E-state index >= 15 is 0 Å². The molecule has 0 aliphatic heterocycles. The van der Waals surface area contributed by atoms with Crippen LogP contribution in [0, 0.1) is 6.92 Å². The van der Waals surface area contributed by atoms with Crippen molar-refractivity contribution in [3.63, 3.8) is 0 Å². The minimum atomic E-state index is -0.276. The maximum Gasteiger partial charge on any atom is 0.302 e. The van der Waals surface area contributed by atoms with E-state index in [2.05, 4.69) is 13.2 Å². The fourth-order valence-corrected chi connectivity index (χ4v) is 1.76. The lowest BCUT2D eigenvalue weighted by Crippen LogP contribution is -2.03. The predicted molar refractivity (Wildman–Crippen MR) is 81.2 cm³/mol. The molecule has 0 saturated heterocycles. The largest absolute Gasteiger partial charge is 0.465 e. The van der Waals surface area contributed by atoms with Crippen molar-refractivity contribution in [2.24, 2.45) is 0 Å². The molecule has 0 bridgehead atoms. The lowest BCUT2D eigenvalue weighted by molar-refractivity contribution is -0.140. The van der Waals surface area contributed by atoms with Gasteiger partial charge in [0.15, 0.2) is 0 Å². The van der Waals surface area contributed by atoms with Gasteiger partial charge in [0, 0.05) is 6.92 Å². The van der Waals surface area contributed by atoms with Crippen LogP contribution in [0.15, 0.2) is 47.1 Å². The Morgan fingerprint density at radius 1 is 1.45 bits per heavy atom. The molecule has 3 nitrogen and oxygen atoms in total. The van der Waals surface area contributed by atoms with Crippen molar-refractivity contribution in [2.75, 3.05) is 6.61 Å². The van der Waals surface area contributed by atoms with Gasteiger partial charge in [-0.1, -0.05) is 24.8 Å². The zero-order chi connectivity index (χ0) is 15.0. The third-order valence-electron chi connectivity index (χ3n) is 2.84. The van der Waals surface area contributed by atoms with Crippen molar-refractivity contribution < 1.29 is 13.9 Å². The Kier molecular flexibility index (Phi) is 6.57. The topological polar surface area (TPSA) is 39.4 Å². The molecule has 0 atom stereocenters. The quantitative estimate of drug-likeness (QED) is 0.519. The van der Waals surface area contributed by atoms with Crippen LogP contribution in [-0.2, 0) is 9.53 Å². The summed E-state index contributed by atoms with van der Waals surface area (Å²) in [5, 5.41) is 0. The van der Waals surface area contributed by atoms with Crippen molar-refractivity contribution in [1.82, 2.24) is 0 Å². The van der Waals surface area contributed by atoms with Crippen LogP contribution in [0.3, 0.4) is 0 Å². The van der Waals surface area contributed by atoms with Gasteiger partial charge in [0.05, 0.1) is 6.26 Å². The van der Waals surface area contributed by atoms with E-state index in [9.17, 15) is 4.79 Å². The second-order valence-corrected chi connectivity index (χ2v) is 4.83. The molecule has 0 radical (unpaired) electrons. The van der Waals surface area contributed by atoms with Gasteiger partial charge in [-0.15, -0.1) is 0 Å². The monoisotopic (exact) mass is 274 g/mol. The van der Waals surface area contributed by atoms with Crippen molar-refractivity contribution in [2.45, 2.75) is 33.1 Å². The summed E-state index contributed by atoms with van der Waals surface area (Å²) >= 11 is 0. The maximum absolute atomic E-state index is 10.9. The summed E-state index contributed by atoms with van der Waals surface area (Å²) < 4.78 is 10.5. The van der Waals surface area contributed by atoms with Crippen LogP contribution < -0.4 is 0 Å². The van der Waals surface area contributed by atoms with Gasteiger partial charge in [-0.3, -0.25) is 4.79 Å². The molecule has 1 rings (SSSR count). The van der Waals surface area contributed by atoms with Crippen LogP contribution in [0.4, 0.5) is 0 Å². The summed E-state index contributed by atoms with van der Waals surface area (Å²) in [4.78, 5) is 10.9. The molecule has 0 aliphatic carbocycles. The zero-order valence-electron chi connectivity index (χ0n) is 12.3. The van der Waals surface area contributed by atoms with E-state index in [1.54, 1.807) is 12.3 Å². The van der Waals surface area contributed by atoms with E-state index in [0.717, 1.165) is 41.7 Å². The van der Waals surface area contributed by atoms with E-state index < -0.39 is 0 Å². The molecule has 3 heteroatoms. The van der Waals surface area contributed by atoms with Crippen molar-refractivity contribution in [1.29, 1.82) is 0 Å². The molecule has 0 aliphatic rings. The van der Waals surface area contributed by atoms with Crippen LogP contribution in [0.1, 0.15) is 37.5 Å². The molecular formula is C17H22O3. The molecule has 1 aromatic heterocycles. The molecular weight excluding hydrogens is 252 g/mol. The second-order valence-electron chi connectivity index (χ2n) is 4.83. The number of ether oxygens (including phenoxy) is 1. The van der Waals surface area contributed by atoms with Gasteiger partial charge in [0.25, 0.3) is 0 Å². The molecule has 20 heavy (non-hydrogen) atoms. The molecule has 1 heterocycles. The Hall–Kier alpha value is -2.03. The van der Waals surface area contributed by atoms with Gasteiger partial charge in [-0.2, -0.15) is 0 Å². The van der Waals surface area contributed by atoms with Gasteiger partial charge < -0.3 is 9.15 Å². The Bertz CT molecular complexity index is 506. The zero-order valence-corrected chi connectivity index (χ0v) is 12.3. The first-order valence-electron chi connectivity index (χ1n) is 6.69. The summed E-state index contributed by atoms with van der Waals surface area (Å²) in [6.45, 7) is 11.3. The third-order valence-corrected chi connectivity index (χ3v) is 2.84. The van der Waals surface area contributed by atoms with Crippen LogP contribution >= 0.6 is 0 Å². The maximum atomic E-state index is 10.9. The van der Waals surface area contributed by atoms with Gasteiger partial charge in [0.2, 0.25) is 0 Å². The number of esters is 1. The van der Waals surface area contributed by atoms with Gasteiger partial charge in [0.1, 0.15) is 12.4 Å². The lowest BCUT2D eigenvalue weighted by atomic mass is 10.0. The highest BCUT2D eigenvalue weighted by atomic mass is 16.5. The molecule has 0 N–H and O–H groups in total. The van der Waals surface area contributed by atoms with Crippen LogP contribution in [0.2, 0.25) is 0 Å². The average molecular weight is 274 g/mol. The predicted octanol–water partition coefficient (Wildman–Crippen LogP) is 4.45. The highest BCUT2D eigenvalue weighted by molar-refractivity contribution is 5.66. The van der Waals surface area contributed by atoms with E-state index in [1.165, 1.54) is 6.92 Å². The molecule has 1 aromatic rings. The minimum Gasteiger partial charge on any atom is -0.465 e. The Balaban J connectivity index is 2.64. The molecule has 0 amide bonds. The SMILES string of the molecule is C=CC(=C)CCC/C(=C\c1cc(C)co1)COC(C)=O. The second kappa shape index (κ2) is 8.20. The van der Waals surface area contributed by atoms with Crippen molar-refractivity contribution >= 4 is 12.0 Å². The highest BCUT2D eigenvalue weighted by Gasteiger charge is 2.04. The molecule has 0 aromatic carbocycles. The van der Waals surface area contributed by atoms with Crippen LogP contribution in [-0.4, -0.2) is 12.6 Å². The Morgan fingerprint density at radius 2 is 2.20 bits per heavy atom. The Labute approximate surface area is 120 Å². The minimum absolute atomic E-state index is 0.276. The number of rotatable bonds is 8. The number of hydrogen-bond acceptors (Lipinski definition) is 3. The molecule has 0 saturated carbocycles. The van der Waals surface area contributed by atoms with E-state index in [1.807, 2.05) is 19.1 Å².